The van der Waals surface area contributed by atoms with E-state index in [2.05, 4.69) is 4.74 Å². The highest BCUT2D eigenvalue weighted by molar-refractivity contribution is 8.13. The van der Waals surface area contributed by atoms with Crippen LogP contribution in [-0.2, 0) is 13.8 Å². The molecule has 0 fully saturated rings. The van der Waals surface area contributed by atoms with Crippen molar-refractivity contribution in [1.29, 1.82) is 0 Å². The molecular weight excluding hydrogens is 284 g/mol. The smallest absolute Gasteiger partial charge is 0.341 e. The van der Waals surface area contributed by atoms with E-state index in [1.807, 2.05) is 0 Å². The minimum atomic E-state index is -4.05. The fourth-order valence-corrected chi connectivity index (χ4v) is 2.33. The van der Waals surface area contributed by atoms with Gasteiger partial charge in [-0.15, -0.1) is 0 Å². The van der Waals surface area contributed by atoms with Crippen LogP contribution in [0, 0.1) is 0 Å². The molecule has 0 radical (unpaired) electrons. The summed E-state index contributed by atoms with van der Waals surface area (Å²) in [5.74, 6) is -0.631. The van der Waals surface area contributed by atoms with E-state index < -0.39 is 15.0 Å². The summed E-state index contributed by atoms with van der Waals surface area (Å²) >= 11 is 0. The lowest BCUT2D eigenvalue weighted by Crippen LogP contribution is -2.07. The van der Waals surface area contributed by atoms with Crippen LogP contribution in [-0.4, -0.2) is 35.7 Å². The number of carbonyl (C=O) groups excluding carboxylic acids is 1. The van der Waals surface area contributed by atoms with Crippen LogP contribution in [0.2, 0.25) is 0 Å². The summed E-state index contributed by atoms with van der Waals surface area (Å²) in [6, 6.07) is 2.30. The third-order valence-electron chi connectivity index (χ3n) is 2.15. The molecule has 0 atom stereocenters. The van der Waals surface area contributed by atoms with Crippen LogP contribution in [0.4, 0.5) is 0 Å². The van der Waals surface area contributed by atoms with Gasteiger partial charge in [0.15, 0.2) is 0 Å². The highest BCUT2D eigenvalue weighted by Crippen LogP contribution is 2.34. The van der Waals surface area contributed by atoms with Crippen molar-refractivity contribution in [2.75, 3.05) is 21.3 Å². The lowest BCUT2D eigenvalue weighted by atomic mass is 10.2. The first-order valence-electron chi connectivity index (χ1n) is 4.64. The predicted octanol–water partition coefficient (Wildman–Crippen LogP) is 1.42. The Balaban J connectivity index is 3.59. The molecule has 1 aromatic carbocycles. The number of methoxy groups -OCH3 is 3. The summed E-state index contributed by atoms with van der Waals surface area (Å²) < 4.78 is 37.1. The molecule has 0 saturated carbocycles. The van der Waals surface area contributed by atoms with Crippen LogP contribution in [0.15, 0.2) is 17.0 Å². The second kappa shape index (κ2) is 5.45. The molecule has 6 nitrogen and oxygen atoms in total. The number of ether oxygens (including phenoxy) is 3. The average molecular weight is 295 g/mol. The van der Waals surface area contributed by atoms with E-state index in [1.165, 1.54) is 27.4 Å². The summed E-state index contributed by atoms with van der Waals surface area (Å²) in [5, 5.41) is 0. The zero-order valence-electron chi connectivity index (χ0n) is 9.89. The monoisotopic (exact) mass is 294 g/mol. The van der Waals surface area contributed by atoms with Gasteiger partial charge in [-0.05, 0) is 6.07 Å². The normalized spacial score (nSPS) is 10.9. The maximum absolute atomic E-state index is 11.5. The molecule has 18 heavy (non-hydrogen) atoms. The lowest BCUT2D eigenvalue weighted by Gasteiger charge is -2.11. The molecule has 0 aromatic heterocycles. The summed E-state index contributed by atoms with van der Waals surface area (Å²) in [6.07, 6.45) is 0. The highest BCUT2D eigenvalue weighted by atomic mass is 35.7. The van der Waals surface area contributed by atoms with Crippen molar-refractivity contribution in [3.05, 3.63) is 17.7 Å². The molecule has 1 rings (SSSR count). The van der Waals surface area contributed by atoms with E-state index in [1.54, 1.807) is 0 Å². The largest absolute Gasteiger partial charge is 0.496 e. The first kappa shape index (κ1) is 14.6. The number of halogens is 1. The molecular formula is C10H11ClO6S. The zero-order chi connectivity index (χ0) is 13.9. The van der Waals surface area contributed by atoms with Crippen LogP contribution < -0.4 is 9.47 Å². The fraction of sp³-hybridized carbons (Fsp3) is 0.300. The van der Waals surface area contributed by atoms with Crippen LogP contribution in [0.1, 0.15) is 10.4 Å². The van der Waals surface area contributed by atoms with Crippen LogP contribution in [0.25, 0.3) is 0 Å². The van der Waals surface area contributed by atoms with Crippen LogP contribution in [0.5, 0.6) is 11.5 Å². The van der Waals surface area contributed by atoms with Crippen molar-refractivity contribution in [2.24, 2.45) is 0 Å². The van der Waals surface area contributed by atoms with Crippen LogP contribution >= 0.6 is 10.7 Å². The van der Waals surface area contributed by atoms with Gasteiger partial charge in [0.2, 0.25) is 0 Å². The molecule has 0 spiro atoms. The van der Waals surface area contributed by atoms with E-state index in [-0.39, 0.29) is 22.0 Å². The Bertz CT molecular complexity index is 566. The molecule has 0 N–H and O–H groups in total. The standard InChI is InChI=1S/C10H11ClO6S/c1-15-7-5-8(16-2)9(18(11,13)14)4-6(7)10(12)17-3/h4-5H,1-3H3. The van der Waals surface area contributed by atoms with Gasteiger partial charge < -0.3 is 14.2 Å². The maximum Gasteiger partial charge on any atom is 0.341 e. The summed E-state index contributed by atoms with van der Waals surface area (Å²) in [7, 11) is 4.98. The Kier molecular flexibility index (Phi) is 4.42. The van der Waals surface area contributed by atoms with E-state index in [9.17, 15) is 13.2 Å². The number of benzene rings is 1. The number of hydrogen-bond acceptors (Lipinski definition) is 6. The lowest BCUT2D eigenvalue weighted by molar-refractivity contribution is 0.0596. The van der Waals surface area contributed by atoms with E-state index in [4.69, 9.17) is 20.2 Å². The summed E-state index contributed by atoms with van der Waals surface area (Å²) in [5.41, 5.74) is -0.0555. The zero-order valence-corrected chi connectivity index (χ0v) is 11.5. The molecule has 0 saturated heterocycles. The molecule has 0 bridgehead atoms. The van der Waals surface area contributed by atoms with Crippen molar-refractivity contribution in [3.8, 4) is 11.5 Å². The van der Waals surface area contributed by atoms with Gasteiger partial charge in [0.1, 0.15) is 22.0 Å². The van der Waals surface area contributed by atoms with Crippen molar-refractivity contribution in [2.45, 2.75) is 4.90 Å². The van der Waals surface area contributed by atoms with Crippen molar-refractivity contribution < 1.29 is 27.4 Å². The van der Waals surface area contributed by atoms with Gasteiger partial charge in [0.25, 0.3) is 9.05 Å². The van der Waals surface area contributed by atoms with E-state index in [0.717, 1.165) is 6.07 Å². The molecule has 0 unspecified atom stereocenters. The molecule has 100 valence electrons. The Morgan fingerprint density at radius 3 is 2.06 bits per heavy atom. The fourth-order valence-electron chi connectivity index (χ4n) is 1.33. The van der Waals surface area contributed by atoms with Gasteiger partial charge in [-0.2, -0.15) is 0 Å². The SMILES string of the molecule is COC(=O)c1cc(S(=O)(=O)Cl)c(OC)cc1OC. The molecule has 0 aliphatic carbocycles. The van der Waals surface area contributed by atoms with Gasteiger partial charge in [0, 0.05) is 16.7 Å². The van der Waals surface area contributed by atoms with Crippen molar-refractivity contribution in [3.63, 3.8) is 0 Å². The van der Waals surface area contributed by atoms with E-state index in [0.29, 0.717) is 0 Å². The molecule has 0 aliphatic rings. The highest BCUT2D eigenvalue weighted by Gasteiger charge is 2.23. The Morgan fingerprint density at radius 2 is 1.67 bits per heavy atom. The number of rotatable bonds is 4. The first-order valence-corrected chi connectivity index (χ1v) is 6.95. The number of carbonyl (C=O) groups is 1. The Labute approximate surface area is 109 Å². The quantitative estimate of drug-likeness (QED) is 0.617. The van der Waals surface area contributed by atoms with Gasteiger partial charge in [-0.25, -0.2) is 13.2 Å². The van der Waals surface area contributed by atoms with Gasteiger partial charge in [-0.1, -0.05) is 0 Å². The molecule has 0 amide bonds. The Morgan fingerprint density at radius 1 is 1.11 bits per heavy atom. The second-order valence-electron chi connectivity index (χ2n) is 3.13. The molecule has 1 aromatic rings. The van der Waals surface area contributed by atoms with Crippen LogP contribution in [0.3, 0.4) is 0 Å². The second-order valence-corrected chi connectivity index (χ2v) is 5.67. The molecule has 0 heterocycles. The summed E-state index contributed by atoms with van der Waals surface area (Å²) in [6.45, 7) is 0. The maximum atomic E-state index is 11.5. The summed E-state index contributed by atoms with van der Waals surface area (Å²) in [4.78, 5) is 11.2. The van der Waals surface area contributed by atoms with Crippen molar-refractivity contribution >= 4 is 25.7 Å². The minimum Gasteiger partial charge on any atom is -0.496 e. The average Bonchev–Trinajstić information content (AvgIpc) is 2.34. The van der Waals surface area contributed by atoms with Gasteiger partial charge in [0.05, 0.1) is 21.3 Å². The predicted molar refractivity (Wildman–Crippen MR) is 63.9 cm³/mol. The Hall–Kier alpha value is -1.47. The molecule has 8 heteroatoms. The third-order valence-corrected chi connectivity index (χ3v) is 3.50. The van der Waals surface area contributed by atoms with Gasteiger partial charge >= 0.3 is 5.97 Å². The van der Waals surface area contributed by atoms with Crippen molar-refractivity contribution in [1.82, 2.24) is 0 Å². The molecule has 0 aliphatic heterocycles. The minimum absolute atomic E-state index is 0.0190. The number of hydrogen-bond donors (Lipinski definition) is 0. The third kappa shape index (κ3) is 2.85. The first-order chi connectivity index (χ1) is 8.35. The van der Waals surface area contributed by atoms with Gasteiger partial charge in [-0.3, -0.25) is 0 Å². The topological polar surface area (TPSA) is 78.9 Å². The van der Waals surface area contributed by atoms with E-state index >= 15 is 0 Å². The number of esters is 1.